The number of hydrogen-bond acceptors (Lipinski definition) is 4. The van der Waals surface area contributed by atoms with E-state index >= 15 is 0 Å². The first-order valence-electron chi connectivity index (χ1n) is 8.18. The molecule has 0 aliphatic rings. The summed E-state index contributed by atoms with van der Waals surface area (Å²) in [6.45, 7) is 0. The largest absolute Gasteiger partial charge is 0.416 e. The van der Waals surface area contributed by atoms with Crippen molar-refractivity contribution >= 4 is 17.7 Å². The molecule has 0 saturated heterocycles. The molecule has 0 bridgehead atoms. The lowest BCUT2D eigenvalue weighted by atomic mass is 10.0. The fourth-order valence-electron chi connectivity index (χ4n) is 2.53. The van der Waals surface area contributed by atoms with E-state index < -0.39 is 46.6 Å². The number of rotatable bonds is 4. The van der Waals surface area contributed by atoms with Crippen LogP contribution in [0.25, 0.3) is 23.2 Å². The molecule has 0 aliphatic heterocycles. The third-order valence-electron chi connectivity index (χ3n) is 3.90. The van der Waals surface area contributed by atoms with Crippen molar-refractivity contribution in [2.45, 2.75) is 12.4 Å². The van der Waals surface area contributed by atoms with E-state index in [1.165, 1.54) is 0 Å². The van der Waals surface area contributed by atoms with Gasteiger partial charge in [0.25, 0.3) is 5.91 Å². The summed E-state index contributed by atoms with van der Waals surface area (Å²) in [7, 11) is 0. The molecule has 2 heterocycles. The van der Waals surface area contributed by atoms with Crippen molar-refractivity contribution in [2.75, 3.05) is 0 Å². The van der Waals surface area contributed by atoms with Crippen molar-refractivity contribution < 1.29 is 35.5 Å². The lowest BCUT2D eigenvalue weighted by Gasteiger charge is -2.13. The van der Waals surface area contributed by atoms with Gasteiger partial charge in [0.15, 0.2) is 5.82 Å². The summed E-state index contributed by atoms with van der Waals surface area (Å²) in [6, 6.07) is 1.85. The number of pyridine rings is 1. The highest BCUT2D eigenvalue weighted by Crippen LogP contribution is 2.38. The van der Waals surface area contributed by atoms with Crippen molar-refractivity contribution in [3.05, 3.63) is 65.5 Å². The quantitative estimate of drug-likeness (QED) is 0.486. The van der Waals surface area contributed by atoms with Crippen LogP contribution in [0.5, 0.6) is 0 Å². The van der Waals surface area contributed by atoms with Crippen LogP contribution in [0.4, 0.5) is 30.7 Å². The minimum Gasteiger partial charge on any atom is -0.366 e. The highest BCUT2D eigenvalue weighted by Gasteiger charge is 2.37. The Bertz CT molecular complexity index is 1130. The summed E-state index contributed by atoms with van der Waals surface area (Å²) in [6.07, 6.45) is -6.17. The molecule has 31 heavy (non-hydrogen) atoms. The van der Waals surface area contributed by atoms with Crippen molar-refractivity contribution in [1.82, 2.24) is 19.7 Å². The van der Waals surface area contributed by atoms with E-state index in [2.05, 4.69) is 15.1 Å². The summed E-state index contributed by atoms with van der Waals surface area (Å²) in [5, 5.41) is 3.77. The lowest BCUT2D eigenvalue weighted by Crippen LogP contribution is -2.14. The van der Waals surface area contributed by atoms with Crippen LogP contribution in [0.2, 0.25) is 0 Å². The summed E-state index contributed by atoms with van der Waals surface area (Å²) in [5.74, 6) is -2.26. The lowest BCUT2D eigenvalue weighted by molar-refractivity contribution is -0.143. The number of hydrogen-bond donors (Lipinski definition) is 1. The van der Waals surface area contributed by atoms with E-state index in [0.29, 0.717) is 12.1 Å². The maximum atomic E-state index is 13.4. The average Bonchev–Trinajstić information content (AvgIpc) is 3.13. The standard InChI is InChI=1S/C18H10F7N5O/c19-13-3-10(5-27-6-13)14(15(26)31)7-30-8-28-16(29-30)9-1-11(17(20,21)22)4-12(2-9)18(23,24)25/h1-8H,(H2,26,31)/b14-7-. The van der Waals surface area contributed by atoms with E-state index in [9.17, 15) is 35.5 Å². The van der Waals surface area contributed by atoms with Gasteiger partial charge in [-0.3, -0.25) is 9.78 Å². The third kappa shape index (κ3) is 5.05. The van der Waals surface area contributed by atoms with Crippen LogP contribution in [0.1, 0.15) is 16.7 Å². The van der Waals surface area contributed by atoms with Crippen LogP contribution in [0.3, 0.4) is 0 Å². The van der Waals surface area contributed by atoms with Gasteiger partial charge in [-0.15, -0.1) is 5.10 Å². The fourth-order valence-corrected chi connectivity index (χ4v) is 2.53. The average molecular weight is 445 g/mol. The van der Waals surface area contributed by atoms with Gasteiger partial charge in [0.1, 0.15) is 12.1 Å². The first kappa shape index (κ1) is 21.9. The molecule has 1 aromatic carbocycles. The Labute approximate surface area is 168 Å². The molecule has 3 rings (SSSR count). The Morgan fingerprint density at radius 3 is 2.10 bits per heavy atom. The number of primary amides is 1. The maximum absolute atomic E-state index is 13.4. The topological polar surface area (TPSA) is 86.7 Å². The molecule has 0 atom stereocenters. The number of amides is 1. The third-order valence-corrected chi connectivity index (χ3v) is 3.90. The van der Waals surface area contributed by atoms with Gasteiger partial charge in [0.2, 0.25) is 0 Å². The second kappa shape index (κ2) is 7.81. The minimum atomic E-state index is -5.04. The first-order valence-corrected chi connectivity index (χ1v) is 8.18. The van der Waals surface area contributed by atoms with E-state index in [4.69, 9.17) is 5.73 Å². The van der Waals surface area contributed by atoms with Gasteiger partial charge in [0, 0.05) is 23.5 Å². The molecule has 0 unspecified atom stereocenters. The number of nitrogens with two attached hydrogens (primary N) is 1. The van der Waals surface area contributed by atoms with Crippen molar-refractivity contribution in [2.24, 2.45) is 5.73 Å². The molecule has 13 heteroatoms. The number of nitrogens with zero attached hydrogens (tertiary/aromatic N) is 4. The fraction of sp³-hybridized carbons (Fsp3) is 0.111. The Hall–Kier alpha value is -3.77. The summed E-state index contributed by atoms with van der Waals surface area (Å²) in [5.41, 5.74) is 1.33. The molecule has 162 valence electrons. The first-order chi connectivity index (χ1) is 14.3. The van der Waals surface area contributed by atoms with Gasteiger partial charge in [-0.05, 0) is 24.3 Å². The zero-order valence-electron chi connectivity index (χ0n) is 15.0. The van der Waals surface area contributed by atoms with E-state index in [-0.39, 0.29) is 17.2 Å². The highest BCUT2D eigenvalue weighted by atomic mass is 19.4. The van der Waals surface area contributed by atoms with Gasteiger partial charge in [0.05, 0.1) is 22.9 Å². The molecule has 0 saturated carbocycles. The van der Waals surface area contributed by atoms with Crippen LogP contribution < -0.4 is 5.73 Å². The second-order valence-corrected chi connectivity index (χ2v) is 6.14. The SMILES string of the molecule is NC(=O)/C(=C\n1cnc(-c2cc(C(F)(F)F)cc(C(F)(F)F)c2)n1)c1cncc(F)c1. The summed E-state index contributed by atoms with van der Waals surface area (Å²) >= 11 is 0. The second-order valence-electron chi connectivity index (χ2n) is 6.14. The highest BCUT2D eigenvalue weighted by molar-refractivity contribution is 6.22. The van der Waals surface area contributed by atoms with Crippen LogP contribution in [-0.2, 0) is 17.1 Å². The monoisotopic (exact) mass is 445 g/mol. The summed E-state index contributed by atoms with van der Waals surface area (Å²) < 4.78 is 92.4. The van der Waals surface area contributed by atoms with Crippen molar-refractivity contribution in [3.63, 3.8) is 0 Å². The Balaban J connectivity index is 2.07. The Morgan fingerprint density at radius 2 is 1.58 bits per heavy atom. The van der Waals surface area contributed by atoms with Crippen LogP contribution in [0, 0.1) is 5.82 Å². The molecule has 0 aliphatic carbocycles. The molecular weight excluding hydrogens is 435 g/mol. The molecule has 2 aromatic heterocycles. The number of alkyl halides is 6. The molecule has 0 radical (unpaired) electrons. The number of aromatic nitrogens is 4. The molecule has 1 amide bonds. The number of halogens is 7. The predicted molar refractivity (Wildman–Crippen MR) is 93.0 cm³/mol. The number of carbonyl (C=O) groups excluding carboxylic acids is 1. The zero-order chi connectivity index (χ0) is 23.0. The Morgan fingerprint density at radius 1 is 0.968 bits per heavy atom. The van der Waals surface area contributed by atoms with Crippen LogP contribution in [-0.4, -0.2) is 25.7 Å². The summed E-state index contributed by atoms with van der Waals surface area (Å²) in [4.78, 5) is 18.9. The van der Waals surface area contributed by atoms with Gasteiger partial charge in [-0.1, -0.05) is 0 Å². The number of benzene rings is 1. The molecule has 2 N–H and O–H groups in total. The molecule has 0 fully saturated rings. The van der Waals surface area contributed by atoms with E-state index in [0.717, 1.165) is 35.7 Å². The van der Waals surface area contributed by atoms with Gasteiger partial charge in [-0.25, -0.2) is 14.1 Å². The van der Waals surface area contributed by atoms with E-state index in [1.807, 2.05) is 0 Å². The normalized spacial score (nSPS) is 12.8. The van der Waals surface area contributed by atoms with Crippen LogP contribution in [0.15, 0.2) is 43.0 Å². The van der Waals surface area contributed by atoms with Gasteiger partial charge in [-0.2, -0.15) is 26.3 Å². The Kier molecular flexibility index (Phi) is 5.53. The zero-order valence-corrected chi connectivity index (χ0v) is 15.0. The van der Waals surface area contributed by atoms with Gasteiger partial charge >= 0.3 is 12.4 Å². The smallest absolute Gasteiger partial charge is 0.366 e. The van der Waals surface area contributed by atoms with Crippen molar-refractivity contribution in [1.29, 1.82) is 0 Å². The predicted octanol–water partition coefficient (Wildman–Crippen LogP) is 4.00. The molecule has 3 aromatic rings. The van der Waals surface area contributed by atoms with Crippen molar-refractivity contribution in [3.8, 4) is 11.4 Å². The maximum Gasteiger partial charge on any atom is 0.416 e. The molecular formula is C18H10F7N5O. The molecule has 6 nitrogen and oxygen atoms in total. The van der Waals surface area contributed by atoms with Gasteiger partial charge < -0.3 is 5.73 Å². The van der Waals surface area contributed by atoms with E-state index in [1.54, 1.807) is 0 Å². The number of carbonyl (C=O) groups is 1. The molecule has 0 spiro atoms. The minimum absolute atomic E-state index is 0.0250. The van der Waals surface area contributed by atoms with Crippen LogP contribution >= 0.6 is 0 Å².